The Labute approximate surface area is 325 Å². The van der Waals surface area contributed by atoms with Gasteiger partial charge in [0.25, 0.3) is 0 Å². The summed E-state index contributed by atoms with van der Waals surface area (Å²) < 4.78 is 9.50. The lowest BCUT2D eigenvalue weighted by molar-refractivity contribution is -0.136. The number of methoxy groups -OCH3 is 2. The molecule has 6 rings (SSSR count). The molecule has 15 heteroatoms. The number of carbonyl (C=O) groups is 4. The number of rotatable bonds is 11. The molecule has 2 aromatic carbocycles. The van der Waals surface area contributed by atoms with Crippen LogP contribution in [-0.4, -0.2) is 93.1 Å². The van der Waals surface area contributed by atoms with Gasteiger partial charge in [0.2, 0.25) is 11.8 Å². The number of benzene rings is 2. The minimum absolute atomic E-state index is 0.111. The number of ether oxygens (including phenoxy) is 2. The molecule has 0 saturated carbocycles. The minimum Gasteiger partial charge on any atom is -0.453 e. The van der Waals surface area contributed by atoms with Gasteiger partial charge in [-0.15, -0.1) is 0 Å². The van der Waals surface area contributed by atoms with Gasteiger partial charge in [0.15, 0.2) is 0 Å². The Bertz CT molecular complexity index is 1990. The molecular formula is C40H49ClN8O6. The van der Waals surface area contributed by atoms with E-state index in [-0.39, 0.29) is 35.7 Å². The zero-order chi connectivity index (χ0) is 39.4. The molecule has 0 aliphatic carbocycles. The van der Waals surface area contributed by atoms with E-state index in [9.17, 15) is 19.2 Å². The van der Waals surface area contributed by atoms with Crippen molar-refractivity contribution < 1.29 is 28.7 Å². The SMILES string of the molecule is COC(=O)NC(C(=O)N1CCC[C@H]1c1ncc(-c2ccc(-c3ccc(-c4nc([C@@H]5CCCN5C(=O)[C@@H](NC(=O)OC)C(C)C)[nH]c4Cl)cc3)cc2)[nH]1)C(C)C. The van der Waals surface area contributed by atoms with Crippen LogP contribution in [0.4, 0.5) is 9.59 Å². The second kappa shape index (κ2) is 17.0. The molecule has 4 heterocycles. The van der Waals surface area contributed by atoms with Crippen LogP contribution in [0.1, 0.15) is 77.1 Å². The van der Waals surface area contributed by atoms with Gasteiger partial charge in [0.05, 0.1) is 38.2 Å². The molecule has 0 bridgehead atoms. The Morgan fingerprint density at radius 1 is 0.709 bits per heavy atom. The Morgan fingerprint density at radius 2 is 1.16 bits per heavy atom. The fourth-order valence-corrected chi connectivity index (χ4v) is 7.67. The van der Waals surface area contributed by atoms with Crippen molar-refractivity contribution in [1.82, 2.24) is 40.4 Å². The number of amides is 4. The average molecular weight is 773 g/mol. The highest BCUT2D eigenvalue weighted by Gasteiger charge is 2.39. The van der Waals surface area contributed by atoms with Crippen molar-refractivity contribution in [3.8, 4) is 33.6 Å². The molecule has 1 unspecified atom stereocenters. The van der Waals surface area contributed by atoms with Crippen molar-refractivity contribution in [3.63, 3.8) is 0 Å². The molecule has 292 valence electrons. The van der Waals surface area contributed by atoms with Crippen molar-refractivity contribution >= 4 is 35.6 Å². The molecule has 14 nitrogen and oxygen atoms in total. The minimum atomic E-state index is -0.724. The van der Waals surface area contributed by atoms with E-state index in [4.69, 9.17) is 26.1 Å². The predicted molar refractivity (Wildman–Crippen MR) is 208 cm³/mol. The molecular weight excluding hydrogens is 724 g/mol. The predicted octanol–water partition coefficient (Wildman–Crippen LogP) is 6.88. The van der Waals surface area contributed by atoms with E-state index in [0.717, 1.165) is 53.6 Å². The molecule has 2 aliphatic heterocycles. The van der Waals surface area contributed by atoms with Crippen molar-refractivity contribution in [2.24, 2.45) is 11.8 Å². The van der Waals surface area contributed by atoms with Gasteiger partial charge < -0.3 is 39.9 Å². The molecule has 4 atom stereocenters. The highest BCUT2D eigenvalue weighted by molar-refractivity contribution is 6.31. The van der Waals surface area contributed by atoms with E-state index in [2.05, 4.69) is 25.6 Å². The van der Waals surface area contributed by atoms with Crippen LogP contribution in [0.5, 0.6) is 0 Å². The maximum Gasteiger partial charge on any atom is 0.407 e. The fraction of sp³-hybridized carbons (Fsp3) is 0.450. The molecule has 2 aromatic heterocycles. The molecule has 0 spiro atoms. The molecule has 4 aromatic rings. The Balaban J connectivity index is 1.13. The number of H-pyrrole nitrogens is 2. The summed E-state index contributed by atoms with van der Waals surface area (Å²) in [6.07, 6.45) is 3.65. The molecule has 2 saturated heterocycles. The van der Waals surface area contributed by atoms with Crippen LogP contribution in [0.15, 0.2) is 54.7 Å². The lowest BCUT2D eigenvalue weighted by Crippen LogP contribution is -2.51. The maximum absolute atomic E-state index is 13.6. The average Bonchev–Trinajstić information content (AvgIpc) is 4.02. The van der Waals surface area contributed by atoms with E-state index in [1.54, 1.807) is 16.0 Å². The highest BCUT2D eigenvalue weighted by Crippen LogP contribution is 2.37. The van der Waals surface area contributed by atoms with Gasteiger partial charge in [-0.25, -0.2) is 19.6 Å². The third-order valence-corrected chi connectivity index (χ3v) is 10.7. The van der Waals surface area contributed by atoms with Crippen LogP contribution in [0.3, 0.4) is 0 Å². The lowest BCUT2D eigenvalue weighted by Gasteiger charge is -2.30. The monoisotopic (exact) mass is 772 g/mol. The lowest BCUT2D eigenvalue weighted by atomic mass is 10.0. The summed E-state index contributed by atoms with van der Waals surface area (Å²) in [6, 6.07) is 14.2. The number of halogens is 1. The summed E-state index contributed by atoms with van der Waals surface area (Å²) in [5.74, 6) is 0.745. The maximum atomic E-state index is 13.6. The number of carbonyl (C=O) groups excluding carboxylic acids is 4. The second-order valence-corrected chi connectivity index (χ2v) is 15.1. The highest BCUT2D eigenvalue weighted by atomic mass is 35.5. The topological polar surface area (TPSA) is 175 Å². The van der Waals surface area contributed by atoms with Crippen LogP contribution in [0, 0.1) is 11.8 Å². The number of likely N-dealkylation sites (tertiary alicyclic amines) is 2. The van der Waals surface area contributed by atoms with Gasteiger partial charge in [-0.3, -0.25) is 9.59 Å². The zero-order valence-electron chi connectivity index (χ0n) is 32.0. The molecule has 2 fully saturated rings. The van der Waals surface area contributed by atoms with E-state index < -0.39 is 24.3 Å². The summed E-state index contributed by atoms with van der Waals surface area (Å²) in [4.78, 5) is 70.7. The standard InChI is InChI=1S/C40H49ClN8O6/c1-22(2)31(45-39(52)54-5)37(50)48-19-7-9-29(48)35-42-21-28(43-35)26-15-11-24(12-16-26)25-13-17-27(18-14-25)33-34(41)47-36(44-33)30-10-8-20-49(30)38(51)32(23(3)4)46-40(53)55-6/h11-18,21-23,29-32H,7-10,19-20H2,1-6H3,(H,42,43)(H,44,47)(H,45,52)(H,46,53)/t29-,30-,31?,32-/m0/s1. The Morgan fingerprint density at radius 3 is 1.64 bits per heavy atom. The molecule has 55 heavy (non-hydrogen) atoms. The van der Waals surface area contributed by atoms with Crippen LogP contribution in [0.2, 0.25) is 5.15 Å². The molecule has 4 N–H and O–H groups in total. The van der Waals surface area contributed by atoms with Crippen LogP contribution < -0.4 is 10.6 Å². The summed E-state index contributed by atoms with van der Waals surface area (Å²) in [5.41, 5.74) is 5.27. The number of hydrogen-bond donors (Lipinski definition) is 4. The Hall–Kier alpha value is -5.37. The first-order chi connectivity index (χ1) is 26.4. The van der Waals surface area contributed by atoms with Crippen LogP contribution in [0.25, 0.3) is 33.6 Å². The van der Waals surface area contributed by atoms with Gasteiger partial charge in [-0.1, -0.05) is 87.8 Å². The van der Waals surface area contributed by atoms with E-state index >= 15 is 0 Å². The van der Waals surface area contributed by atoms with E-state index in [0.29, 0.717) is 35.6 Å². The first-order valence-corrected chi connectivity index (χ1v) is 19.1. The number of aromatic nitrogens is 4. The van der Waals surface area contributed by atoms with E-state index in [1.807, 2.05) is 76.2 Å². The number of imidazole rings is 2. The molecule has 0 radical (unpaired) electrons. The number of nitrogens with zero attached hydrogens (tertiary/aromatic N) is 4. The number of aromatic amines is 2. The van der Waals surface area contributed by atoms with Gasteiger partial charge in [-0.2, -0.15) is 0 Å². The number of nitrogens with one attached hydrogen (secondary N) is 4. The second-order valence-electron chi connectivity index (χ2n) is 14.7. The smallest absolute Gasteiger partial charge is 0.407 e. The van der Waals surface area contributed by atoms with Gasteiger partial charge in [0, 0.05) is 18.7 Å². The van der Waals surface area contributed by atoms with Crippen molar-refractivity contribution in [2.75, 3.05) is 27.3 Å². The molecule has 2 aliphatic rings. The van der Waals surface area contributed by atoms with Crippen LogP contribution >= 0.6 is 11.6 Å². The quantitative estimate of drug-likeness (QED) is 0.128. The first-order valence-electron chi connectivity index (χ1n) is 18.7. The number of alkyl carbamates (subject to hydrolysis) is 2. The third kappa shape index (κ3) is 8.49. The van der Waals surface area contributed by atoms with Crippen molar-refractivity contribution in [2.45, 2.75) is 77.5 Å². The molecule has 4 amide bonds. The van der Waals surface area contributed by atoms with Gasteiger partial charge in [-0.05, 0) is 54.2 Å². The Kier molecular flexibility index (Phi) is 12.1. The summed E-state index contributed by atoms with van der Waals surface area (Å²) in [6.45, 7) is 8.69. The van der Waals surface area contributed by atoms with Crippen molar-refractivity contribution in [3.05, 3.63) is 71.5 Å². The van der Waals surface area contributed by atoms with Gasteiger partial charge >= 0.3 is 12.2 Å². The summed E-state index contributed by atoms with van der Waals surface area (Å²) in [5, 5.41) is 5.75. The normalized spacial score (nSPS) is 18.1. The zero-order valence-corrected chi connectivity index (χ0v) is 32.8. The van der Waals surface area contributed by atoms with Crippen molar-refractivity contribution in [1.29, 1.82) is 0 Å². The van der Waals surface area contributed by atoms with Gasteiger partial charge in [0.1, 0.15) is 34.6 Å². The summed E-state index contributed by atoms with van der Waals surface area (Å²) >= 11 is 6.69. The first kappa shape index (κ1) is 39.3. The summed E-state index contributed by atoms with van der Waals surface area (Å²) in [7, 11) is 2.56. The number of hydrogen-bond acceptors (Lipinski definition) is 8. The van der Waals surface area contributed by atoms with E-state index in [1.165, 1.54) is 14.2 Å². The largest absolute Gasteiger partial charge is 0.453 e. The van der Waals surface area contributed by atoms with Crippen LogP contribution in [-0.2, 0) is 19.1 Å². The third-order valence-electron chi connectivity index (χ3n) is 10.4. The fourth-order valence-electron chi connectivity index (χ4n) is 7.42.